The third kappa shape index (κ3) is 0.770. The van der Waals surface area contributed by atoms with Gasteiger partial charge in [-0.15, -0.1) is 0 Å². The number of nitrogens with zero attached hydrogens (tertiary/aromatic N) is 2. The van der Waals surface area contributed by atoms with Gasteiger partial charge in [0, 0.05) is 13.0 Å². The molecule has 1 N–H and O–H groups in total. The summed E-state index contributed by atoms with van der Waals surface area (Å²) in [6, 6.07) is 0. The fraction of sp³-hybridized carbons (Fsp3) is 0.857. The molecule has 0 aromatic carbocycles. The molecule has 0 spiro atoms. The molecular formula is C7H13N3. The monoisotopic (exact) mass is 139 g/mol. The zero-order valence-corrected chi connectivity index (χ0v) is 6.30. The van der Waals surface area contributed by atoms with E-state index in [0.29, 0.717) is 0 Å². The number of hydrazone groups is 1. The Morgan fingerprint density at radius 3 is 2.80 bits per heavy atom. The normalized spacial score (nSPS) is 25.7. The molecule has 10 heavy (non-hydrogen) atoms. The van der Waals surface area contributed by atoms with Gasteiger partial charge in [0.15, 0.2) is 0 Å². The lowest BCUT2D eigenvalue weighted by Crippen LogP contribution is -2.33. The Hall–Kier alpha value is -0.730. The van der Waals surface area contributed by atoms with Crippen molar-refractivity contribution in [1.29, 1.82) is 0 Å². The third-order valence-electron chi connectivity index (χ3n) is 2.36. The third-order valence-corrected chi connectivity index (χ3v) is 2.36. The molecule has 0 saturated heterocycles. The number of hydrogen-bond donors (Lipinski definition) is 1. The van der Waals surface area contributed by atoms with Gasteiger partial charge in [-0.25, -0.2) is 0 Å². The predicted molar refractivity (Wildman–Crippen MR) is 40.5 cm³/mol. The number of nitrogens with one attached hydrogen (secondary N) is 1. The molecule has 1 fully saturated rings. The molecule has 3 nitrogen and oxygen atoms in total. The molecule has 1 aliphatic heterocycles. The van der Waals surface area contributed by atoms with Crippen molar-refractivity contribution in [1.82, 2.24) is 10.3 Å². The minimum Gasteiger partial charge on any atom is -0.343 e. The fourth-order valence-electron chi connectivity index (χ4n) is 1.46. The first-order chi connectivity index (χ1) is 4.88. The van der Waals surface area contributed by atoms with E-state index in [0.717, 1.165) is 12.6 Å². The van der Waals surface area contributed by atoms with Gasteiger partial charge in [0.05, 0.1) is 0 Å². The minimum absolute atomic E-state index is 0.764. The van der Waals surface area contributed by atoms with Gasteiger partial charge in [-0.05, 0) is 12.8 Å². The van der Waals surface area contributed by atoms with Crippen LogP contribution in [0.4, 0.5) is 0 Å². The SMILES string of the molecule is CN1CNN=C1C1CCC1. The average molecular weight is 139 g/mol. The molecule has 1 saturated carbocycles. The summed E-state index contributed by atoms with van der Waals surface area (Å²) >= 11 is 0. The molecule has 1 aliphatic carbocycles. The highest BCUT2D eigenvalue weighted by Gasteiger charge is 2.27. The van der Waals surface area contributed by atoms with E-state index in [1.807, 2.05) is 0 Å². The molecule has 0 aromatic rings. The molecule has 2 aliphatic rings. The quantitative estimate of drug-likeness (QED) is 0.576. The van der Waals surface area contributed by atoms with E-state index >= 15 is 0 Å². The van der Waals surface area contributed by atoms with Crippen molar-refractivity contribution in [3.05, 3.63) is 0 Å². The van der Waals surface area contributed by atoms with Crippen LogP contribution in [0.2, 0.25) is 0 Å². The molecule has 0 atom stereocenters. The molecular weight excluding hydrogens is 126 g/mol. The molecule has 0 unspecified atom stereocenters. The van der Waals surface area contributed by atoms with Crippen LogP contribution in [0.15, 0.2) is 5.10 Å². The Kier molecular flexibility index (Phi) is 1.29. The lowest BCUT2D eigenvalue weighted by molar-refractivity contribution is 0.374. The van der Waals surface area contributed by atoms with Crippen molar-refractivity contribution in [2.75, 3.05) is 13.7 Å². The van der Waals surface area contributed by atoms with E-state index in [1.54, 1.807) is 0 Å². The van der Waals surface area contributed by atoms with E-state index in [4.69, 9.17) is 0 Å². The fourth-order valence-corrected chi connectivity index (χ4v) is 1.46. The van der Waals surface area contributed by atoms with Crippen LogP contribution in [0.5, 0.6) is 0 Å². The first-order valence-electron chi connectivity index (χ1n) is 3.89. The van der Waals surface area contributed by atoms with Crippen LogP contribution >= 0.6 is 0 Å². The largest absolute Gasteiger partial charge is 0.343 e. The molecule has 0 radical (unpaired) electrons. The first kappa shape index (κ1) is 6.01. The predicted octanol–water partition coefficient (Wildman–Crippen LogP) is 0.592. The van der Waals surface area contributed by atoms with Gasteiger partial charge in [-0.2, -0.15) is 5.10 Å². The molecule has 2 rings (SSSR count). The van der Waals surface area contributed by atoms with Gasteiger partial charge >= 0.3 is 0 Å². The Morgan fingerprint density at radius 1 is 1.60 bits per heavy atom. The van der Waals surface area contributed by atoms with Gasteiger partial charge in [0.2, 0.25) is 0 Å². The van der Waals surface area contributed by atoms with Gasteiger partial charge in [0.1, 0.15) is 12.5 Å². The number of amidine groups is 1. The summed E-state index contributed by atoms with van der Waals surface area (Å²) in [5.41, 5.74) is 2.99. The first-order valence-corrected chi connectivity index (χ1v) is 3.89. The van der Waals surface area contributed by atoms with Crippen LogP contribution < -0.4 is 5.43 Å². The Bertz CT molecular complexity index is 160. The maximum absolute atomic E-state index is 4.23. The highest BCUT2D eigenvalue weighted by Crippen LogP contribution is 2.29. The van der Waals surface area contributed by atoms with Gasteiger partial charge < -0.3 is 4.90 Å². The maximum atomic E-state index is 4.23. The van der Waals surface area contributed by atoms with E-state index in [-0.39, 0.29) is 0 Å². The van der Waals surface area contributed by atoms with Crippen molar-refractivity contribution in [2.45, 2.75) is 19.3 Å². The number of hydrogen-bond acceptors (Lipinski definition) is 3. The van der Waals surface area contributed by atoms with Crippen LogP contribution in [0.25, 0.3) is 0 Å². The van der Waals surface area contributed by atoms with Crippen molar-refractivity contribution in [3.63, 3.8) is 0 Å². The van der Waals surface area contributed by atoms with E-state index in [1.165, 1.54) is 25.1 Å². The zero-order valence-electron chi connectivity index (χ0n) is 6.30. The second-order valence-electron chi connectivity index (χ2n) is 3.11. The molecule has 1 heterocycles. The van der Waals surface area contributed by atoms with E-state index in [2.05, 4.69) is 22.5 Å². The summed E-state index contributed by atoms with van der Waals surface area (Å²) in [7, 11) is 2.09. The maximum Gasteiger partial charge on any atom is 0.129 e. The van der Waals surface area contributed by atoms with E-state index in [9.17, 15) is 0 Å². The van der Waals surface area contributed by atoms with Crippen molar-refractivity contribution >= 4 is 5.84 Å². The Labute approximate surface area is 61.1 Å². The molecule has 56 valence electrons. The van der Waals surface area contributed by atoms with Crippen molar-refractivity contribution in [3.8, 4) is 0 Å². The van der Waals surface area contributed by atoms with E-state index < -0.39 is 0 Å². The van der Waals surface area contributed by atoms with Crippen LogP contribution in [0, 0.1) is 5.92 Å². The second-order valence-corrected chi connectivity index (χ2v) is 3.11. The standard InChI is InChI=1S/C7H13N3/c1-10-5-8-9-7(10)6-3-2-4-6/h6,8H,2-5H2,1H3. The summed E-state index contributed by atoms with van der Waals surface area (Å²) in [4.78, 5) is 2.20. The molecule has 0 aromatic heterocycles. The zero-order chi connectivity index (χ0) is 6.97. The Balaban J connectivity index is 2.01. The smallest absolute Gasteiger partial charge is 0.129 e. The highest BCUT2D eigenvalue weighted by atomic mass is 15.5. The van der Waals surface area contributed by atoms with Gasteiger partial charge in [0.25, 0.3) is 0 Å². The summed E-state index contributed by atoms with van der Waals surface area (Å²) in [5, 5.41) is 4.23. The van der Waals surface area contributed by atoms with Crippen LogP contribution in [-0.2, 0) is 0 Å². The molecule has 0 amide bonds. The van der Waals surface area contributed by atoms with Crippen LogP contribution in [0.3, 0.4) is 0 Å². The summed E-state index contributed by atoms with van der Waals surface area (Å²) in [5.74, 6) is 2.03. The Morgan fingerprint density at radius 2 is 2.40 bits per heavy atom. The number of rotatable bonds is 1. The summed E-state index contributed by atoms with van der Waals surface area (Å²) in [6.07, 6.45) is 4.06. The van der Waals surface area contributed by atoms with Crippen LogP contribution in [0.1, 0.15) is 19.3 Å². The molecule has 3 heteroatoms. The van der Waals surface area contributed by atoms with Crippen molar-refractivity contribution < 1.29 is 0 Å². The highest BCUT2D eigenvalue weighted by molar-refractivity contribution is 5.85. The lowest BCUT2D eigenvalue weighted by Gasteiger charge is -2.28. The van der Waals surface area contributed by atoms with Gasteiger partial charge in [-0.3, -0.25) is 5.43 Å². The minimum atomic E-state index is 0.764. The van der Waals surface area contributed by atoms with Crippen LogP contribution in [-0.4, -0.2) is 24.5 Å². The lowest BCUT2D eigenvalue weighted by atomic mass is 9.84. The average Bonchev–Trinajstić information content (AvgIpc) is 2.12. The summed E-state index contributed by atoms with van der Waals surface area (Å²) < 4.78 is 0. The van der Waals surface area contributed by atoms with Crippen molar-refractivity contribution in [2.24, 2.45) is 11.0 Å². The topological polar surface area (TPSA) is 27.6 Å². The summed E-state index contributed by atoms with van der Waals surface area (Å²) in [6.45, 7) is 0.895. The van der Waals surface area contributed by atoms with Gasteiger partial charge in [-0.1, -0.05) is 6.42 Å². The second kappa shape index (κ2) is 2.15. The molecule has 0 bridgehead atoms.